The summed E-state index contributed by atoms with van der Waals surface area (Å²) >= 11 is 0. The molecule has 0 fully saturated rings. The zero-order valence-corrected chi connectivity index (χ0v) is 23.9. The predicted molar refractivity (Wildman–Crippen MR) is 168 cm³/mol. The zero-order valence-electron chi connectivity index (χ0n) is 23.9. The van der Waals surface area contributed by atoms with Crippen molar-refractivity contribution in [3.8, 4) is 11.1 Å². The van der Waals surface area contributed by atoms with Crippen LogP contribution in [0.4, 0.5) is 0 Å². The number of carbonyl (C=O) groups is 2. The third-order valence-electron chi connectivity index (χ3n) is 8.89. The molecule has 0 saturated heterocycles. The Morgan fingerprint density at radius 2 is 1.15 bits per heavy atom. The maximum Gasteiger partial charge on any atom is 0.258 e. The molecular weight excluding hydrogens is 506 g/mol. The largest absolute Gasteiger partial charge is 0.396 e. The van der Waals surface area contributed by atoms with E-state index in [9.17, 15) is 14.7 Å². The summed E-state index contributed by atoms with van der Waals surface area (Å²) in [6, 6.07) is 23.5. The van der Waals surface area contributed by atoms with Crippen molar-refractivity contribution in [1.82, 2.24) is 5.32 Å². The van der Waals surface area contributed by atoms with Gasteiger partial charge in [0.1, 0.15) is 0 Å². The first-order chi connectivity index (χ1) is 19.8. The highest BCUT2D eigenvalue weighted by molar-refractivity contribution is 6.39. The molecule has 0 spiro atoms. The molecule has 7 rings (SSSR count). The molecule has 6 aromatic carbocycles. The molecule has 4 heteroatoms. The lowest BCUT2D eigenvalue weighted by molar-refractivity contribution is 0.0845. The fourth-order valence-corrected chi connectivity index (χ4v) is 7.04. The highest BCUT2D eigenvalue weighted by Gasteiger charge is 2.28. The van der Waals surface area contributed by atoms with Gasteiger partial charge in [-0.1, -0.05) is 82.3 Å². The Kier molecular flexibility index (Phi) is 5.88. The molecule has 0 aliphatic carbocycles. The highest BCUT2D eigenvalue weighted by atomic mass is 16.3. The minimum Gasteiger partial charge on any atom is -0.396 e. The Morgan fingerprint density at radius 1 is 0.634 bits per heavy atom. The monoisotopic (exact) mass is 539 g/mol. The second-order valence-corrected chi connectivity index (χ2v) is 12.0. The molecule has 0 unspecified atom stereocenters. The number of aryl methyl sites for hydroxylation is 1. The van der Waals surface area contributed by atoms with Crippen molar-refractivity contribution in [1.29, 1.82) is 0 Å². The van der Waals surface area contributed by atoms with Crippen LogP contribution in [-0.4, -0.2) is 23.5 Å². The van der Waals surface area contributed by atoms with E-state index in [1.807, 2.05) is 24.3 Å². The summed E-state index contributed by atoms with van der Waals surface area (Å²) in [5, 5.41) is 20.5. The number of hydrogen-bond donors (Lipinski definition) is 2. The standard InChI is InChI=1S/C37H33NO3/c1-19(2)30-17-21(7-6-16-39)18-31(20(3)4)33(30)24-10-11-25-27-13-15-29-35-28(36(40)38-37(29)41)14-12-26(34(27)35)23-9-5-8-22(24)32(23)25/h5,8-15,17-20,39H,6-7,16H2,1-4H3,(H,38,40,41). The average Bonchev–Trinajstić information content (AvgIpc) is 2.97. The van der Waals surface area contributed by atoms with Gasteiger partial charge in [-0.15, -0.1) is 0 Å². The number of benzene rings is 6. The van der Waals surface area contributed by atoms with Gasteiger partial charge < -0.3 is 5.11 Å². The quantitative estimate of drug-likeness (QED) is 0.127. The number of nitrogens with one attached hydrogen (secondary N) is 1. The van der Waals surface area contributed by atoms with Crippen molar-refractivity contribution >= 4 is 54.9 Å². The number of amides is 2. The molecule has 204 valence electrons. The van der Waals surface area contributed by atoms with Gasteiger partial charge in [-0.05, 0) is 102 Å². The van der Waals surface area contributed by atoms with E-state index in [0.717, 1.165) is 45.2 Å². The van der Waals surface area contributed by atoms with Crippen molar-refractivity contribution in [2.45, 2.75) is 52.4 Å². The molecule has 41 heavy (non-hydrogen) atoms. The summed E-state index contributed by atoms with van der Waals surface area (Å²) in [5.41, 5.74) is 7.60. The number of imide groups is 1. The van der Waals surface area contributed by atoms with E-state index >= 15 is 0 Å². The third kappa shape index (κ3) is 3.70. The number of hydrogen-bond acceptors (Lipinski definition) is 3. The molecule has 1 heterocycles. The predicted octanol–water partition coefficient (Wildman–Crippen LogP) is 8.46. The van der Waals surface area contributed by atoms with Crippen molar-refractivity contribution in [2.24, 2.45) is 0 Å². The minimum atomic E-state index is -0.338. The summed E-state index contributed by atoms with van der Waals surface area (Å²) in [7, 11) is 0. The molecule has 2 amide bonds. The van der Waals surface area contributed by atoms with E-state index in [2.05, 4.69) is 75.5 Å². The number of fused-ring (bicyclic) bond motifs is 2. The molecule has 0 saturated carbocycles. The fourth-order valence-electron chi connectivity index (χ4n) is 7.04. The van der Waals surface area contributed by atoms with Gasteiger partial charge in [0.2, 0.25) is 0 Å². The van der Waals surface area contributed by atoms with Gasteiger partial charge in [0.15, 0.2) is 0 Å². The highest BCUT2D eigenvalue weighted by Crippen LogP contribution is 2.47. The normalized spacial score (nSPS) is 13.5. The van der Waals surface area contributed by atoms with Crippen molar-refractivity contribution in [3.63, 3.8) is 0 Å². The van der Waals surface area contributed by atoms with Gasteiger partial charge in [-0.25, -0.2) is 0 Å². The lowest BCUT2D eigenvalue weighted by atomic mass is 9.79. The fraction of sp³-hybridized carbons (Fsp3) is 0.243. The van der Waals surface area contributed by atoms with Crippen LogP contribution < -0.4 is 5.32 Å². The summed E-state index contributed by atoms with van der Waals surface area (Å²) in [5.74, 6) is -0.00305. The Labute approximate surface area is 239 Å². The van der Waals surface area contributed by atoms with E-state index in [4.69, 9.17) is 0 Å². The second-order valence-electron chi connectivity index (χ2n) is 12.0. The van der Waals surface area contributed by atoms with E-state index in [1.54, 1.807) is 0 Å². The van der Waals surface area contributed by atoms with Gasteiger partial charge >= 0.3 is 0 Å². The smallest absolute Gasteiger partial charge is 0.258 e. The SMILES string of the molecule is CC(C)c1cc(CCCO)cc(C(C)C)c1-c1ccc2c3ccc4c5c(ccc(c6cccc1c62)c53)C(=O)NC4=O. The van der Waals surface area contributed by atoms with Crippen LogP contribution in [0.15, 0.2) is 66.7 Å². The topological polar surface area (TPSA) is 66.4 Å². The molecule has 0 radical (unpaired) electrons. The molecule has 1 aliphatic heterocycles. The molecular formula is C37H33NO3. The lowest BCUT2D eigenvalue weighted by Crippen LogP contribution is -2.34. The third-order valence-corrected chi connectivity index (χ3v) is 8.89. The Bertz CT molecular complexity index is 1950. The molecule has 0 aromatic heterocycles. The van der Waals surface area contributed by atoms with Gasteiger partial charge in [0.25, 0.3) is 11.8 Å². The molecule has 4 nitrogen and oxygen atoms in total. The van der Waals surface area contributed by atoms with Crippen LogP contribution in [0, 0.1) is 0 Å². The number of rotatable bonds is 6. The van der Waals surface area contributed by atoms with Crippen LogP contribution in [-0.2, 0) is 6.42 Å². The second kappa shape index (κ2) is 9.39. The number of aliphatic hydroxyl groups is 1. The molecule has 1 aliphatic rings. The van der Waals surface area contributed by atoms with Crippen LogP contribution >= 0.6 is 0 Å². The molecule has 2 N–H and O–H groups in total. The van der Waals surface area contributed by atoms with Gasteiger partial charge in [-0.3, -0.25) is 14.9 Å². The van der Waals surface area contributed by atoms with Crippen LogP contribution in [0.5, 0.6) is 0 Å². The van der Waals surface area contributed by atoms with Crippen LogP contribution in [0.2, 0.25) is 0 Å². The summed E-state index contributed by atoms with van der Waals surface area (Å²) in [6.45, 7) is 9.24. The Morgan fingerprint density at radius 3 is 1.71 bits per heavy atom. The molecule has 0 atom stereocenters. The van der Waals surface area contributed by atoms with Crippen molar-refractivity contribution in [2.75, 3.05) is 6.61 Å². The van der Waals surface area contributed by atoms with E-state index < -0.39 is 0 Å². The molecule has 0 bridgehead atoms. The maximum absolute atomic E-state index is 12.8. The summed E-state index contributed by atoms with van der Waals surface area (Å²) in [4.78, 5) is 25.5. The van der Waals surface area contributed by atoms with Gasteiger partial charge in [0.05, 0.1) is 0 Å². The van der Waals surface area contributed by atoms with Gasteiger partial charge in [-0.2, -0.15) is 0 Å². The lowest BCUT2D eigenvalue weighted by Gasteiger charge is -2.25. The van der Waals surface area contributed by atoms with Crippen LogP contribution in [0.3, 0.4) is 0 Å². The minimum absolute atomic E-state index is 0.195. The van der Waals surface area contributed by atoms with Gasteiger partial charge in [0, 0.05) is 23.1 Å². The van der Waals surface area contributed by atoms with E-state index in [-0.39, 0.29) is 18.4 Å². The Hall–Kier alpha value is -4.28. The Balaban J connectivity index is 1.60. The van der Waals surface area contributed by atoms with Crippen LogP contribution in [0.25, 0.3) is 54.2 Å². The first-order valence-corrected chi connectivity index (χ1v) is 14.6. The first kappa shape index (κ1) is 25.7. The van der Waals surface area contributed by atoms with Crippen molar-refractivity contribution < 1.29 is 14.7 Å². The maximum atomic E-state index is 12.8. The molecule has 6 aromatic rings. The summed E-state index contributed by atoms with van der Waals surface area (Å²) < 4.78 is 0. The van der Waals surface area contributed by atoms with Crippen LogP contribution in [0.1, 0.15) is 83.4 Å². The zero-order chi connectivity index (χ0) is 28.6. The average molecular weight is 540 g/mol. The van der Waals surface area contributed by atoms with E-state index in [1.165, 1.54) is 38.6 Å². The number of carbonyl (C=O) groups excluding carboxylic acids is 2. The number of aliphatic hydroxyl groups excluding tert-OH is 1. The van der Waals surface area contributed by atoms with Crippen molar-refractivity contribution in [3.05, 3.63) is 94.5 Å². The first-order valence-electron chi connectivity index (χ1n) is 14.6. The van der Waals surface area contributed by atoms with E-state index in [0.29, 0.717) is 23.0 Å². The summed E-state index contributed by atoms with van der Waals surface area (Å²) in [6.07, 6.45) is 1.63.